The lowest BCUT2D eigenvalue weighted by molar-refractivity contribution is -0.159. The third-order valence-electron chi connectivity index (χ3n) is 5.06. The van der Waals surface area contributed by atoms with Crippen LogP contribution in [0.4, 0.5) is 24.8 Å². The number of amides is 2. The van der Waals surface area contributed by atoms with E-state index in [1.165, 1.54) is 6.92 Å². The zero-order valence-electron chi connectivity index (χ0n) is 17.7. The van der Waals surface area contributed by atoms with Crippen LogP contribution in [0.5, 0.6) is 0 Å². The first-order valence-corrected chi connectivity index (χ1v) is 10.2. The second-order valence-electron chi connectivity index (χ2n) is 7.38. The van der Waals surface area contributed by atoms with Crippen LogP contribution in [-0.4, -0.2) is 53.5 Å². The lowest BCUT2D eigenvalue weighted by atomic mass is 9.97. The average Bonchev–Trinajstić information content (AvgIpc) is 2.83. The number of esters is 1. The Morgan fingerprint density at radius 2 is 1.79 bits per heavy atom. The molecule has 0 spiro atoms. The normalized spacial score (nSPS) is 15.0. The van der Waals surface area contributed by atoms with Crippen molar-refractivity contribution in [1.82, 2.24) is 15.3 Å². The average molecular weight is 465 g/mol. The number of benzene rings is 1. The van der Waals surface area contributed by atoms with Crippen molar-refractivity contribution < 1.29 is 32.3 Å². The zero-order valence-corrected chi connectivity index (χ0v) is 17.7. The first kappa shape index (κ1) is 24.0. The molecule has 12 heteroatoms. The molecule has 1 aromatic heterocycles. The van der Waals surface area contributed by atoms with Gasteiger partial charge < -0.3 is 20.3 Å². The van der Waals surface area contributed by atoms with Crippen LogP contribution in [0.1, 0.15) is 19.8 Å². The maximum absolute atomic E-state index is 13.6. The van der Waals surface area contributed by atoms with Crippen molar-refractivity contribution in [2.24, 2.45) is 5.92 Å². The molecule has 1 atom stereocenters. The van der Waals surface area contributed by atoms with Crippen molar-refractivity contribution in [3.63, 3.8) is 0 Å². The lowest BCUT2D eigenvalue weighted by Crippen LogP contribution is -2.42. The molecule has 2 amide bonds. The standard InChI is InChI=1S/C21H22F3N5O4/c1-12(19(31)27-11-16(30)28-15-4-3-14(22)17(23)18(15)24)33-20(32)13-5-9-29(10-6-13)21-25-7-2-8-26-21/h2-4,7-8,12-13H,5-6,9-11H2,1H3,(H,27,31)(H,28,30). The Balaban J connectivity index is 1.41. The quantitative estimate of drug-likeness (QED) is 0.474. The van der Waals surface area contributed by atoms with Gasteiger partial charge in [-0.05, 0) is 38.0 Å². The second kappa shape index (κ2) is 10.7. The number of carbonyl (C=O) groups is 3. The van der Waals surface area contributed by atoms with Crippen molar-refractivity contribution in [3.05, 3.63) is 48.0 Å². The molecule has 3 rings (SSSR count). The largest absolute Gasteiger partial charge is 0.452 e. The van der Waals surface area contributed by atoms with Gasteiger partial charge in [-0.3, -0.25) is 14.4 Å². The first-order chi connectivity index (χ1) is 15.8. The van der Waals surface area contributed by atoms with E-state index in [0.29, 0.717) is 37.9 Å². The Hall–Kier alpha value is -3.70. The molecule has 176 valence electrons. The number of halogens is 3. The monoisotopic (exact) mass is 465 g/mol. The van der Waals surface area contributed by atoms with Crippen molar-refractivity contribution in [1.29, 1.82) is 0 Å². The second-order valence-corrected chi connectivity index (χ2v) is 7.38. The summed E-state index contributed by atoms with van der Waals surface area (Å²) < 4.78 is 45.0. The van der Waals surface area contributed by atoms with E-state index in [1.54, 1.807) is 18.5 Å². The van der Waals surface area contributed by atoms with Gasteiger partial charge in [0.05, 0.1) is 18.2 Å². The van der Waals surface area contributed by atoms with Crippen LogP contribution in [0.15, 0.2) is 30.6 Å². The number of rotatable bonds is 7. The van der Waals surface area contributed by atoms with Crippen molar-refractivity contribution in [2.45, 2.75) is 25.9 Å². The van der Waals surface area contributed by atoms with Gasteiger partial charge in [-0.2, -0.15) is 0 Å². The Labute approximate surface area is 187 Å². The van der Waals surface area contributed by atoms with Gasteiger partial charge in [0.2, 0.25) is 11.9 Å². The predicted molar refractivity (Wildman–Crippen MR) is 110 cm³/mol. The summed E-state index contributed by atoms with van der Waals surface area (Å²) in [6, 6.07) is 3.23. The number of nitrogens with one attached hydrogen (secondary N) is 2. The van der Waals surface area contributed by atoms with Gasteiger partial charge >= 0.3 is 5.97 Å². The highest BCUT2D eigenvalue weighted by Crippen LogP contribution is 2.22. The Bertz CT molecular complexity index is 1020. The zero-order chi connectivity index (χ0) is 24.0. The molecule has 1 aliphatic rings. The van der Waals surface area contributed by atoms with Gasteiger partial charge in [-0.1, -0.05) is 0 Å². The van der Waals surface area contributed by atoms with E-state index in [0.717, 1.165) is 6.07 Å². The van der Waals surface area contributed by atoms with E-state index in [4.69, 9.17) is 4.74 Å². The van der Waals surface area contributed by atoms with Crippen LogP contribution >= 0.6 is 0 Å². The number of piperidine rings is 1. The molecular weight excluding hydrogens is 443 g/mol. The summed E-state index contributed by atoms with van der Waals surface area (Å²) in [7, 11) is 0. The van der Waals surface area contributed by atoms with E-state index in [2.05, 4.69) is 15.3 Å². The summed E-state index contributed by atoms with van der Waals surface area (Å²) in [6.45, 7) is 1.89. The van der Waals surface area contributed by atoms with E-state index in [1.807, 2.05) is 10.2 Å². The van der Waals surface area contributed by atoms with Crippen LogP contribution in [-0.2, 0) is 19.1 Å². The minimum Gasteiger partial charge on any atom is -0.452 e. The number of anilines is 2. The first-order valence-electron chi connectivity index (χ1n) is 10.2. The van der Waals surface area contributed by atoms with Crippen molar-refractivity contribution >= 4 is 29.4 Å². The summed E-state index contributed by atoms with van der Waals surface area (Å²) in [5.74, 6) is -6.62. The predicted octanol–water partition coefficient (Wildman–Crippen LogP) is 1.80. The number of aromatic nitrogens is 2. The molecular formula is C21H22F3N5O4. The summed E-state index contributed by atoms with van der Waals surface area (Å²) in [6.07, 6.45) is 3.12. The molecule has 1 saturated heterocycles. The minimum absolute atomic E-state index is 0.389. The van der Waals surface area contributed by atoms with E-state index >= 15 is 0 Å². The third-order valence-corrected chi connectivity index (χ3v) is 5.06. The van der Waals surface area contributed by atoms with Gasteiger partial charge in [0.15, 0.2) is 23.6 Å². The van der Waals surface area contributed by atoms with Gasteiger partial charge in [0.25, 0.3) is 5.91 Å². The summed E-state index contributed by atoms with van der Waals surface area (Å²) in [5, 5.41) is 4.27. The van der Waals surface area contributed by atoms with E-state index in [9.17, 15) is 27.6 Å². The SMILES string of the molecule is CC(OC(=O)C1CCN(c2ncccn2)CC1)C(=O)NCC(=O)Nc1ccc(F)c(F)c1F. The summed E-state index contributed by atoms with van der Waals surface area (Å²) in [4.78, 5) is 46.7. The van der Waals surface area contributed by atoms with E-state index < -0.39 is 53.6 Å². The van der Waals surface area contributed by atoms with Crippen molar-refractivity contribution in [2.75, 3.05) is 29.9 Å². The van der Waals surface area contributed by atoms with Crippen LogP contribution in [0, 0.1) is 23.4 Å². The van der Waals surface area contributed by atoms with E-state index in [-0.39, 0.29) is 5.92 Å². The van der Waals surface area contributed by atoms with Gasteiger partial charge in [-0.15, -0.1) is 0 Å². The fourth-order valence-electron chi connectivity index (χ4n) is 3.22. The topological polar surface area (TPSA) is 114 Å². The number of hydrogen-bond acceptors (Lipinski definition) is 7. The molecule has 1 unspecified atom stereocenters. The maximum Gasteiger partial charge on any atom is 0.309 e. The number of nitrogens with zero attached hydrogens (tertiary/aromatic N) is 3. The van der Waals surface area contributed by atoms with Crippen LogP contribution in [0.25, 0.3) is 0 Å². The Kier molecular flexibility index (Phi) is 7.80. The van der Waals surface area contributed by atoms with Crippen LogP contribution < -0.4 is 15.5 Å². The maximum atomic E-state index is 13.6. The van der Waals surface area contributed by atoms with Gasteiger partial charge in [0, 0.05) is 25.5 Å². The Morgan fingerprint density at radius 1 is 1.12 bits per heavy atom. The summed E-state index contributed by atoms with van der Waals surface area (Å²) >= 11 is 0. The molecule has 1 aliphatic heterocycles. The fraction of sp³-hybridized carbons (Fsp3) is 0.381. The molecule has 33 heavy (non-hydrogen) atoms. The van der Waals surface area contributed by atoms with Crippen LogP contribution in [0.2, 0.25) is 0 Å². The number of hydrogen-bond donors (Lipinski definition) is 2. The highest BCUT2D eigenvalue weighted by atomic mass is 19.2. The lowest BCUT2D eigenvalue weighted by Gasteiger charge is -2.31. The summed E-state index contributed by atoms with van der Waals surface area (Å²) in [5.41, 5.74) is -0.570. The molecule has 0 saturated carbocycles. The highest BCUT2D eigenvalue weighted by Gasteiger charge is 2.29. The third kappa shape index (κ3) is 6.18. The molecule has 1 aromatic carbocycles. The molecule has 1 fully saturated rings. The minimum atomic E-state index is -1.72. The highest BCUT2D eigenvalue weighted by molar-refractivity contribution is 5.95. The smallest absolute Gasteiger partial charge is 0.309 e. The Morgan fingerprint density at radius 3 is 2.45 bits per heavy atom. The molecule has 0 radical (unpaired) electrons. The van der Waals surface area contributed by atoms with Gasteiger partial charge in [0.1, 0.15) is 0 Å². The fourth-order valence-corrected chi connectivity index (χ4v) is 3.22. The van der Waals surface area contributed by atoms with Crippen molar-refractivity contribution in [3.8, 4) is 0 Å². The molecule has 2 aromatic rings. The van der Waals surface area contributed by atoms with Crippen LogP contribution in [0.3, 0.4) is 0 Å². The molecule has 2 N–H and O–H groups in total. The number of carbonyl (C=O) groups excluding carboxylic acids is 3. The molecule has 2 heterocycles. The molecule has 0 bridgehead atoms. The molecule has 0 aliphatic carbocycles. The van der Waals surface area contributed by atoms with Gasteiger partial charge in [-0.25, -0.2) is 23.1 Å². The molecule has 9 nitrogen and oxygen atoms in total. The number of ether oxygens (including phenoxy) is 1.